The van der Waals surface area contributed by atoms with Gasteiger partial charge in [-0.15, -0.1) is 0 Å². The highest BCUT2D eigenvalue weighted by Crippen LogP contribution is 2.38. The molecule has 0 fully saturated rings. The van der Waals surface area contributed by atoms with E-state index >= 15 is 0 Å². The number of hydrogen-bond acceptors (Lipinski definition) is 4. The molecule has 9 heteroatoms. The Bertz CT molecular complexity index is 1460. The summed E-state index contributed by atoms with van der Waals surface area (Å²) in [6, 6.07) is 24.0. The summed E-state index contributed by atoms with van der Waals surface area (Å²) < 4.78 is 56.3. The van der Waals surface area contributed by atoms with Gasteiger partial charge in [-0.3, -0.25) is 9.44 Å². The lowest BCUT2D eigenvalue weighted by atomic mass is 10.1. The van der Waals surface area contributed by atoms with Crippen molar-refractivity contribution in [3.05, 3.63) is 96.0 Å². The number of hydrogen-bond donors (Lipinski definition) is 2. The second-order valence-corrected chi connectivity index (χ2v) is 10.4. The van der Waals surface area contributed by atoms with Crippen molar-refractivity contribution in [2.75, 3.05) is 9.44 Å². The van der Waals surface area contributed by atoms with Crippen LogP contribution < -0.4 is 9.44 Å². The third kappa shape index (κ3) is 4.36. The summed E-state index contributed by atoms with van der Waals surface area (Å²) in [5.74, 6) is 0. The van der Waals surface area contributed by atoms with Gasteiger partial charge in [0.05, 0.1) is 26.2 Å². The predicted molar refractivity (Wildman–Crippen MR) is 123 cm³/mol. The van der Waals surface area contributed by atoms with E-state index in [2.05, 4.69) is 9.44 Å². The van der Waals surface area contributed by atoms with E-state index in [-0.39, 0.29) is 26.2 Å². The number of halogens is 1. The average molecular weight is 473 g/mol. The molecule has 4 aromatic carbocycles. The zero-order valence-electron chi connectivity index (χ0n) is 16.0. The van der Waals surface area contributed by atoms with E-state index in [1.54, 1.807) is 60.7 Å². The Morgan fingerprint density at radius 3 is 1.58 bits per heavy atom. The number of sulfonamides is 2. The molecule has 0 atom stereocenters. The third-order valence-electron chi connectivity index (χ3n) is 4.58. The number of benzene rings is 4. The molecule has 0 saturated carbocycles. The SMILES string of the molecule is O=S(=O)(Nc1cc(Cl)c(NS(=O)(=O)c2ccccc2)c2ccccc12)c1ccccc1. The van der Waals surface area contributed by atoms with E-state index in [0.29, 0.717) is 10.8 Å². The molecule has 0 spiro atoms. The Hall–Kier alpha value is -3.07. The summed E-state index contributed by atoms with van der Waals surface area (Å²) in [7, 11) is -7.75. The second-order valence-electron chi connectivity index (χ2n) is 6.66. The van der Waals surface area contributed by atoms with Crippen LogP contribution in [0, 0.1) is 0 Å². The Kier molecular flexibility index (Phi) is 5.62. The van der Waals surface area contributed by atoms with Crippen LogP contribution in [0.2, 0.25) is 5.02 Å². The average Bonchev–Trinajstić information content (AvgIpc) is 2.77. The van der Waals surface area contributed by atoms with Crippen molar-refractivity contribution in [3.63, 3.8) is 0 Å². The van der Waals surface area contributed by atoms with Crippen LogP contribution in [0.4, 0.5) is 11.4 Å². The summed E-state index contributed by atoms with van der Waals surface area (Å²) in [6.45, 7) is 0. The molecule has 4 rings (SSSR count). The summed E-state index contributed by atoms with van der Waals surface area (Å²) in [5.41, 5.74) is 0.413. The minimum atomic E-state index is -3.89. The molecule has 0 radical (unpaired) electrons. The molecule has 0 amide bonds. The minimum absolute atomic E-state index is 0.0592. The summed E-state index contributed by atoms with van der Waals surface area (Å²) in [6.07, 6.45) is 0. The van der Waals surface area contributed by atoms with Crippen molar-refractivity contribution in [3.8, 4) is 0 Å². The molecule has 0 aromatic heterocycles. The van der Waals surface area contributed by atoms with Crippen LogP contribution in [-0.2, 0) is 20.0 Å². The normalized spacial score (nSPS) is 11.9. The zero-order valence-corrected chi connectivity index (χ0v) is 18.4. The molecule has 158 valence electrons. The van der Waals surface area contributed by atoms with Gasteiger partial charge in [0.25, 0.3) is 20.0 Å². The van der Waals surface area contributed by atoms with Crippen LogP contribution in [0.3, 0.4) is 0 Å². The van der Waals surface area contributed by atoms with Gasteiger partial charge in [0.1, 0.15) is 0 Å². The number of rotatable bonds is 6. The van der Waals surface area contributed by atoms with E-state index in [4.69, 9.17) is 11.6 Å². The monoisotopic (exact) mass is 472 g/mol. The van der Waals surface area contributed by atoms with Gasteiger partial charge in [-0.1, -0.05) is 72.3 Å². The van der Waals surface area contributed by atoms with Gasteiger partial charge in [-0.05, 0) is 30.3 Å². The van der Waals surface area contributed by atoms with E-state index in [0.717, 1.165) is 0 Å². The van der Waals surface area contributed by atoms with Gasteiger partial charge in [0.15, 0.2) is 0 Å². The van der Waals surface area contributed by atoms with E-state index < -0.39 is 20.0 Å². The van der Waals surface area contributed by atoms with Crippen LogP contribution >= 0.6 is 11.6 Å². The Labute approximate surface area is 185 Å². The lowest BCUT2D eigenvalue weighted by Crippen LogP contribution is -2.15. The fourth-order valence-corrected chi connectivity index (χ4v) is 5.65. The molecule has 4 aromatic rings. The quantitative estimate of drug-likeness (QED) is 0.408. The lowest BCUT2D eigenvalue weighted by molar-refractivity contribution is 0.599. The van der Waals surface area contributed by atoms with Crippen molar-refractivity contribution in [1.82, 2.24) is 0 Å². The standard InChI is InChI=1S/C22H17ClN2O4S2/c23-20-15-21(24-30(26,27)16-9-3-1-4-10-16)18-13-7-8-14-19(18)22(20)25-31(28,29)17-11-5-2-6-12-17/h1-15,24-25H. The Morgan fingerprint density at radius 2 is 1.03 bits per heavy atom. The van der Waals surface area contributed by atoms with Crippen LogP contribution in [-0.4, -0.2) is 16.8 Å². The molecule has 0 aliphatic rings. The molecule has 6 nitrogen and oxygen atoms in total. The van der Waals surface area contributed by atoms with Crippen molar-refractivity contribution < 1.29 is 16.8 Å². The van der Waals surface area contributed by atoms with Gasteiger partial charge in [-0.25, -0.2) is 16.8 Å². The Balaban J connectivity index is 1.80. The summed E-state index contributed by atoms with van der Waals surface area (Å²) in [5, 5.41) is 1.02. The zero-order chi connectivity index (χ0) is 22.1. The molecule has 2 N–H and O–H groups in total. The van der Waals surface area contributed by atoms with Crippen LogP contribution in [0.1, 0.15) is 0 Å². The van der Waals surface area contributed by atoms with Gasteiger partial charge in [0.2, 0.25) is 0 Å². The first-order valence-corrected chi connectivity index (χ1v) is 12.5. The molecule has 0 aliphatic carbocycles. The molecule has 0 aliphatic heterocycles. The number of anilines is 2. The second kappa shape index (κ2) is 8.22. The Morgan fingerprint density at radius 1 is 0.581 bits per heavy atom. The first-order valence-electron chi connectivity index (χ1n) is 9.15. The van der Waals surface area contributed by atoms with Crippen LogP contribution in [0.5, 0.6) is 0 Å². The third-order valence-corrected chi connectivity index (χ3v) is 7.63. The number of fused-ring (bicyclic) bond motifs is 1. The highest BCUT2D eigenvalue weighted by atomic mass is 35.5. The minimum Gasteiger partial charge on any atom is -0.279 e. The highest BCUT2D eigenvalue weighted by molar-refractivity contribution is 7.93. The molecule has 0 saturated heterocycles. The van der Waals surface area contributed by atoms with Crippen molar-refractivity contribution >= 4 is 53.8 Å². The van der Waals surface area contributed by atoms with Crippen molar-refractivity contribution in [2.45, 2.75) is 9.79 Å². The first kappa shape index (κ1) is 21.2. The van der Waals surface area contributed by atoms with E-state index in [1.165, 1.54) is 30.3 Å². The molecular formula is C22H17ClN2O4S2. The fraction of sp³-hybridized carbons (Fsp3) is 0. The maximum atomic E-state index is 12.8. The first-order chi connectivity index (χ1) is 14.8. The maximum Gasteiger partial charge on any atom is 0.261 e. The largest absolute Gasteiger partial charge is 0.279 e. The fourth-order valence-electron chi connectivity index (χ4n) is 3.13. The predicted octanol–water partition coefficient (Wildman–Crippen LogP) is 5.09. The van der Waals surface area contributed by atoms with Crippen molar-refractivity contribution in [2.24, 2.45) is 0 Å². The number of nitrogens with one attached hydrogen (secondary N) is 2. The van der Waals surface area contributed by atoms with Gasteiger partial charge in [0, 0.05) is 10.8 Å². The molecule has 0 unspecified atom stereocenters. The maximum absolute atomic E-state index is 12.8. The lowest BCUT2D eigenvalue weighted by Gasteiger charge is -2.16. The summed E-state index contributed by atoms with van der Waals surface area (Å²) >= 11 is 6.41. The topological polar surface area (TPSA) is 92.3 Å². The molecule has 0 bridgehead atoms. The molecule has 0 heterocycles. The van der Waals surface area contributed by atoms with Crippen LogP contribution in [0.15, 0.2) is 101 Å². The smallest absolute Gasteiger partial charge is 0.261 e. The van der Waals surface area contributed by atoms with E-state index in [1.807, 2.05) is 0 Å². The van der Waals surface area contributed by atoms with Gasteiger partial charge in [-0.2, -0.15) is 0 Å². The van der Waals surface area contributed by atoms with Crippen molar-refractivity contribution in [1.29, 1.82) is 0 Å². The summed E-state index contributed by atoms with van der Waals surface area (Å²) in [4.78, 5) is 0.188. The van der Waals surface area contributed by atoms with E-state index in [9.17, 15) is 16.8 Å². The van der Waals surface area contributed by atoms with Crippen LogP contribution in [0.25, 0.3) is 10.8 Å². The molecule has 31 heavy (non-hydrogen) atoms. The van der Waals surface area contributed by atoms with Gasteiger partial charge < -0.3 is 0 Å². The molecular weight excluding hydrogens is 456 g/mol. The van der Waals surface area contributed by atoms with Gasteiger partial charge >= 0.3 is 0 Å². The highest BCUT2D eigenvalue weighted by Gasteiger charge is 2.21.